The minimum absolute atomic E-state index is 0.616. The SMILES string of the molecule is C[Si]1(C)c2ccccc2N(c2cc(-c3cc(-c4ncncn4)cc(N4c5ccccc5[Si](C)(C)c5ccccc54)c3)cc(-c3ncccn3)c2)c2ccccc21. The zero-order valence-corrected chi connectivity index (χ0v) is 33.7. The van der Waals surface area contributed by atoms with Gasteiger partial charge < -0.3 is 9.80 Å². The number of benzene rings is 6. The number of fused-ring (bicyclic) bond motifs is 4. The predicted octanol–water partition coefficient (Wildman–Crippen LogP) is 8.87. The van der Waals surface area contributed by atoms with E-state index in [1.807, 2.05) is 18.5 Å². The van der Waals surface area contributed by atoms with E-state index in [9.17, 15) is 0 Å². The van der Waals surface area contributed by atoms with Crippen LogP contribution in [0.4, 0.5) is 34.1 Å². The van der Waals surface area contributed by atoms with E-state index in [1.165, 1.54) is 43.5 Å². The molecule has 0 amide bonds. The first-order valence-corrected chi connectivity index (χ1v) is 25.0. The fraction of sp³-hybridized carbons (Fsp3) is 0.0851. The Morgan fingerprint density at radius 2 is 0.714 bits per heavy atom. The van der Waals surface area contributed by atoms with Gasteiger partial charge in [-0.3, -0.25) is 0 Å². The molecule has 2 aliphatic heterocycles. The maximum Gasteiger partial charge on any atom is 0.162 e. The second-order valence-corrected chi connectivity index (χ2v) is 24.2. The fourth-order valence-electron chi connectivity index (χ4n) is 8.80. The molecule has 2 aliphatic rings. The van der Waals surface area contributed by atoms with Gasteiger partial charge in [-0.05, 0) is 98.6 Å². The summed E-state index contributed by atoms with van der Waals surface area (Å²) >= 11 is 0. The number of aromatic nitrogens is 5. The molecule has 0 spiro atoms. The van der Waals surface area contributed by atoms with Gasteiger partial charge in [0.2, 0.25) is 0 Å². The Hall–Kier alpha value is -6.56. The van der Waals surface area contributed by atoms with Crippen LogP contribution in [0.5, 0.6) is 0 Å². The third-order valence-electron chi connectivity index (χ3n) is 11.5. The molecule has 0 aliphatic carbocycles. The molecule has 9 heteroatoms. The molecule has 0 fully saturated rings. The van der Waals surface area contributed by atoms with E-state index in [0.29, 0.717) is 11.6 Å². The zero-order valence-electron chi connectivity index (χ0n) is 31.7. The average Bonchev–Trinajstić information content (AvgIpc) is 3.24. The maximum atomic E-state index is 4.75. The van der Waals surface area contributed by atoms with Crippen LogP contribution in [0.15, 0.2) is 165 Å². The number of anilines is 6. The molecule has 2 aromatic heterocycles. The molecular formula is C47H39N7Si2. The molecule has 0 N–H and O–H groups in total. The van der Waals surface area contributed by atoms with Crippen molar-refractivity contribution in [3.63, 3.8) is 0 Å². The van der Waals surface area contributed by atoms with Crippen molar-refractivity contribution in [2.45, 2.75) is 26.2 Å². The lowest BCUT2D eigenvalue weighted by molar-refractivity contribution is 1.06. The molecule has 7 nitrogen and oxygen atoms in total. The number of hydrogen-bond acceptors (Lipinski definition) is 7. The first-order chi connectivity index (χ1) is 27.3. The Balaban J connectivity index is 1.24. The van der Waals surface area contributed by atoms with Gasteiger partial charge in [-0.1, -0.05) is 99.0 Å². The number of para-hydroxylation sites is 4. The highest BCUT2D eigenvalue weighted by atomic mass is 28.3. The molecule has 0 atom stereocenters. The lowest BCUT2D eigenvalue weighted by Gasteiger charge is -2.41. The van der Waals surface area contributed by atoms with Crippen LogP contribution < -0.4 is 30.5 Å². The summed E-state index contributed by atoms with van der Waals surface area (Å²) in [6.07, 6.45) is 6.75. The van der Waals surface area contributed by atoms with Gasteiger partial charge >= 0.3 is 0 Å². The third-order valence-corrected chi connectivity index (χ3v) is 18.6. The van der Waals surface area contributed by atoms with Crippen LogP contribution in [0.25, 0.3) is 33.9 Å². The minimum atomic E-state index is -1.99. The van der Waals surface area contributed by atoms with Crippen molar-refractivity contribution in [2.75, 3.05) is 9.80 Å². The van der Waals surface area contributed by atoms with Crippen molar-refractivity contribution in [3.05, 3.63) is 165 Å². The number of rotatable bonds is 5. The molecule has 0 saturated carbocycles. The van der Waals surface area contributed by atoms with E-state index in [2.05, 4.69) is 184 Å². The first kappa shape index (κ1) is 34.0. The fourth-order valence-corrected chi connectivity index (χ4v) is 14.8. The predicted molar refractivity (Wildman–Crippen MR) is 235 cm³/mol. The van der Waals surface area contributed by atoms with Crippen LogP contribution in [0, 0.1) is 0 Å². The van der Waals surface area contributed by atoms with Gasteiger partial charge in [0, 0.05) is 57.6 Å². The van der Waals surface area contributed by atoms with Gasteiger partial charge in [0.05, 0.1) is 0 Å². The normalized spacial score (nSPS) is 14.6. The van der Waals surface area contributed by atoms with Gasteiger partial charge in [0.25, 0.3) is 0 Å². The zero-order chi connectivity index (χ0) is 38.0. The van der Waals surface area contributed by atoms with E-state index < -0.39 is 16.1 Å². The summed E-state index contributed by atoms with van der Waals surface area (Å²) in [4.78, 5) is 27.8. The van der Waals surface area contributed by atoms with Gasteiger partial charge in [0.15, 0.2) is 11.6 Å². The highest BCUT2D eigenvalue weighted by Crippen LogP contribution is 2.44. The van der Waals surface area contributed by atoms with Crippen LogP contribution in [-0.2, 0) is 0 Å². The average molecular weight is 758 g/mol. The van der Waals surface area contributed by atoms with Crippen LogP contribution in [0.2, 0.25) is 26.2 Å². The second kappa shape index (κ2) is 13.0. The van der Waals surface area contributed by atoms with Crippen molar-refractivity contribution in [2.24, 2.45) is 0 Å². The molecule has 56 heavy (non-hydrogen) atoms. The smallest absolute Gasteiger partial charge is 0.162 e. The lowest BCUT2D eigenvalue weighted by Crippen LogP contribution is -2.58. The molecule has 4 heterocycles. The third kappa shape index (κ3) is 5.42. The second-order valence-electron chi connectivity index (χ2n) is 15.6. The van der Waals surface area contributed by atoms with E-state index in [0.717, 1.165) is 33.6 Å². The largest absolute Gasteiger partial charge is 0.311 e. The molecule has 6 aromatic carbocycles. The highest BCUT2D eigenvalue weighted by Gasteiger charge is 2.40. The van der Waals surface area contributed by atoms with Crippen molar-refractivity contribution in [1.82, 2.24) is 24.9 Å². The summed E-state index contributed by atoms with van der Waals surface area (Å²) in [7, 11) is -3.98. The highest BCUT2D eigenvalue weighted by molar-refractivity contribution is 7.03. The quantitative estimate of drug-likeness (QED) is 0.163. The molecule has 10 rings (SSSR count). The van der Waals surface area contributed by atoms with E-state index in [-0.39, 0.29) is 0 Å². The topological polar surface area (TPSA) is 70.9 Å². The van der Waals surface area contributed by atoms with Gasteiger partial charge in [-0.25, -0.2) is 24.9 Å². The van der Waals surface area contributed by atoms with Crippen LogP contribution in [-0.4, -0.2) is 41.1 Å². The van der Waals surface area contributed by atoms with Gasteiger partial charge in [-0.2, -0.15) is 0 Å². The molecule has 0 unspecified atom stereocenters. The summed E-state index contributed by atoms with van der Waals surface area (Å²) in [6, 6.07) is 50.9. The van der Waals surface area contributed by atoms with Gasteiger partial charge in [0.1, 0.15) is 28.8 Å². The molecule has 0 bridgehead atoms. The van der Waals surface area contributed by atoms with Crippen molar-refractivity contribution in [1.29, 1.82) is 0 Å². The van der Waals surface area contributed by atoms with E-state index >= 15 is 0 Å². The summed E-state index contributed by atoms with van der Waals surface area (Å²) in [5.74, 6) is 1.29. The molecule has 270 valence electrons. The Morgan fingerprint density at radius 3 is 1.11 bits per heavy atom. The number of hydrogen-bond donors (Lipinski definition) is 0. The molecule has 8 aromatic rings. The number of nitrogens with zero attached hydrogens (tertiary/aromatic N) is 7. The Morgan fingerprint density at radius 1 is 0.375 bits per heavy atom. The van der Waals surface area contributed by atoms with Crippen molar-refractivity contribution >= 4 is 71.0 Å². The first-order valence-electron chi connectivity index (χ1n) is 19.0. The summed E-state index contributed by atoms with van der Waals surface area (Å²) in [6.45, 7) is 9.81. The summed E-state index contributed by atoms with van der Waals surface area (Å²) in [5.41, 5.74) is 10.8. The lowest BCUT2D eigenvalue weighted by atomic mass is 9.97. The Labute approximate surface area is 329 Å². The Kier molecular flexibility index (Phi) is 7.91. The molecular weight excluding hydrogens is 719 g/mol. The standard InChI is InChI=1S/C47H39N7Si2/c1-55(2)42-18-9-5-14-38(42)53(39-15-6-10-19-43(39)55)36-26-32(24-34(28-36)46-49-22-13-23-50-46)33-25-35(47-51-30-48-31-52-47)29-37(27-33)54-40-16-7-11-20-44(40)56(3,4)45-21-12-8-17-41(45)54/h5-31H,1-4H3. The monoisotopic (exact) mass is 757 g/mol. The van der Waals surface area contributed by atoms with Crippen molar-refractivity contribution < 1.29 is 0 Å². The summed E-state index contributed by atoms with van der Waals surface area (Å²) < 4.78 is 0. The van der Waals surface area contributed by atoms with Crippen LogP contribution in [0.3, 0.4) is 0 Å². The van der Waals surface area contributed by atoms with E-state index in [4.69, 9.17) is 9.97 Å². The van der Waals surface area contributed by atoms with Crippen LogP contribution in [0.1, 0.15) is 0 Å². The molecule has 0 saturated heterocycles. The molecule has 0 radical (unpaired) electrons. The Bertz CT molecular complexity index is 2500. The van der Waals surface area contributed by atoms with Crippen LogP contribution >= 0.6 is 0 Å². The van der Waals surface area contributed by atoms with Crippen molar-refractivity contribution in [3.8, 4) is 33.9 Å². The summed E-state index contributed by atoms with van der Waals surface area (Å²) in [5, 5.41) is 5.64. The van der Waals surface area contributed by atoms with E-state index in [1.54, 1.807) is 12.7 Å². The minimum Gasteiger partial charge on any atom is -0.311 e. The maximum absolute atomic E-state index is 4.75. The van der Waals surface area contributed by atoms with Gasteiger partial charge in [-0.15, -0.1) is 0 Å².